The fourth-order valence-electron chi connectivity index (χ4n) is 3.95. The summed E-state index contributed by atoms with van der Waals surface area (Å²) in [6, 6.07) is 9.92. The Kier molecular flexibility index (Phi) is 4.16. The zero-order valence-corrected chi connectivity index (χ0v) is 15.2. The first kappa shape index (κ1) is 17.0. The maximum Gasteiger partial charge on any atom is 0.265 e. The number of nitrogen functional groups attached to an aromatic ring is 1. The average molecular weight is 372 g/mol. The number of morpholine rings is 1. The van der Waals surface area contributed by atoms with Gasteiger partial charge in [-0.05, 0) is 12.0 Å². The molecule has 2 amide bonds. The molecule has 136 valence electrons. The Bertz CT molecular complexity index is 840. The van der Waals surface area contributed by atoms with Crippen LogP contribution >= 0.6 is 11.3 Å². The molecule has 0 aliphatic carbocycles. The summed E-state index contributed by atoms with van der Waals surface area (Å²) in [4.78, 5) is 33.2. The largest absolute Gasteiger partial charge is 0.375 e. The molecule has 2 fully saturated rings. The van der Waals surface area contributed by atoms with Crippen LogP contribution in [0.25, 0.3) is 0 Å². The van der Waals surface area contributed by atoms with Gasteiger partial charge in [-0.1, -0.05) is 41.7 Å². The zero-order chi connectivity index (χ0) is 18.3. The Morgan fingerprint density at radius 1 is 1.38 bits per heavy atom. The van der Waals surface area contributed by atoms with Crippen molar-refractivity contribution in [3.05, 3.63) is 47.0 Å². The number of hydrogen-bond donors (Lipinski definition) is 1. The number of likely N-dealkylation sites (N-methyl/N-ethyl adjacent to an activating group) is 1. The first-order valence-corrected chi connectivity index (χ1v) is 9.28. The monoisotopic (exact) mass is 372 g/mol. The summed E-state index contributed by atoms with van der Waals surface area (Å²) in [7, 11) is 1.83. The highest BCUT2D eigenvalue weighted by Gasteiger charge is 2.53. The second-order valence-corrected chi connectivity index (χ2v) is 7.67. The van der Waals surface area contributed by atoms with Crippen molar-refractivity contribution in [2.24, 2.45) is 0 Å². The molecule has 2 atom stereocenters. The van der Waals surface area contributed by atoms with Gasteiger partial charge in [-0.25, -0.2) is 4.98 Å². The Balaban J connectivity index is 1.65. The fraction of sp³-hybridized carbons (Fsp3) is 0.389. The van der Waals surface area contributed by atoms with Gasteiger partial charge in [0.1, 0.15) is 17.6 Å². The van der Waals surface area contributed by atoms with Crippen LogP contribution in [0.3, 0.4) is 0 Å². The first-order chi connectivity index (χ1) is 12.5. The third-order valence-corrected chi connectivity index (χ3v) is 6.17. The quantitative estimate of drug-likeness (QED) is 0.859. The number of piperidine rings is 1. The van der Waals surface area contributed by atoms with Gasteiger partial charge >= 0.3 is 0 Å². The molecule has 0 unspecified atom stereocenters. The minimum Gasteiger partial charge on any atom is -0.375 e. The lowest BCUT2D eigenvalue weighted by molar-refractivity contribution is -0.180. The molecular formula is C18H20N4O3S. The lowest BCUT2D eigenvalue weighted by atomic mass is 9.76. The minimum absolute atomic E-state index is 0.0330. The zero-order valence-electron chi connectivity index (χ0n) is 14.4. The molecule has 0 bridgehead atoms. The minimum atomic E-state index is -0.555. The summed E-state index contributed by atoms with van der Waals surface area (Å²) >= 11 is 1.19. The number of nitrogens with two attached hydrogens (primary N) is 1. The number of benzene rings is 1. The number of amides is 2. The number of rotatable bonds is 2. The summed E-state index contributed by atoms with van der Waals surface area (Å²) in [6.07, 6.45) is 1.85. The van der Waals surface area contributed by atoms with Gasteiger partial charge < -0.3 is 20.3 Å². The van der Waals surface area contributed by atoms with Crippen LogP contribution in [-0.4, -0.2) is 59.4 Å². The van der Waals surface area contributed by atoms with E-state index in [-0.39, 0.29) is 24.5 Å². The van der Waals surface area contributed by atoms with Crippen molar-refractivity contribution in [2.45, 2.75) is 18.1 Å². The van der Waals surface area contributed by atoms with E-state index in [9.17, 15) is 9.59 Å². The Morgan fingerprint density at radius 3 is 2.85 bits per heavy atom. The predicted molar refractivity (Wildman–Crippen MR) is 97.7 cm³/mol. The number of nitrogens with zero attached hydrogens (tertiary/aromatic N) is 3. The second kappa shape index (κ2) is 6.37. The average Bonchev–Trinajstić information content (AvgIpc) is 3.11. The number of aromatic nitrogens is 1. The van der Waals surface area contributed by atoms with Gasteiger partial charge in [0.05, 0.1) is 11.7 Å². The van der Waals surface area contributed by atoms with Crippen molar-refractivity contribution in [1.82, 2.24) is 14.8 Å². The van der Waals surface area contributed by atoms with Crippen LogP contribution in [-0.2, 0) is 15.1 Å². The van der Waals surface area contributed by atoms with Crippen LogP contribution in [0.1, 0.15) is 21.7 Å². The molecule has 3 heterocycles. The van der Waals surface area contributed by atoms with E-state index in [2.05, 4.69) is 4.98 Å². The van der Waals surface area contributed by atoms with Crippen LogP contribution in [0.5, 0.6) is 0 Å². The summed E-state index contributed by atoms with van der Waals surface area (Å²) < 4.78 is 5.92. The normalized spacial score (nSPS) is 25.9. The molecule has 26 heavy (non-hydrogen) atoms. The van der Waals surface area contributed by atoms with E-state index >= 15 is 0 Å². The van der Waals surface area contributed by atoms with E-state index in [0.717, 1.165) is 5.56 Å². The molecule has 2 N–H and O–H groups in total. The van der Waals surface area contributed by atoms with E-state index in [0.29, 0.717) is 29.5 Å². The highest BCUT2D eigenvalue weighted by molar-refractivity contribution is 7.17. The van der Waals surface area contributed by atoms with E-state index in [1.165, 1.54) is 17.5 Å². The molecule has 1 aromatic heterocycles. The third kappa shape index (κ3) is 2.57. The van der Waals surface area contributed by atoms with Crippen molar-refractivity contribution in [3.8, 4) is 0 Å². The topological polar surface area (TPSA) is 88.8 Å². The van der Waals surface area contributed by atoms with E-state index < -0.39 is 5.54 Å². The molecule has 2 aliphatic rings. The van der Waals surface area contributed by atoms with E-state index in [1.54, 1.807) is 9.80 Å². The number of thiazole rings is 1. The summed E-state index contributed by atoms with van der Waals surface area (Å²) in [5.41, 5.74) is 6.13. The smallest absolute Gasteiger partial charge is 0.265 e. The molecule has 8 heteroatoms. The number of ether oxygens (including phenoxy) is 1. The van der Waals surface area contributed by atoms with Crippen LogP contribution in [0.2, 0.25) is 0 Å². The van der Waals surface area contributed by atoms with Crippen LogP contribution < -0.4 is 5.73 Å². The van der Waals surface area contributed by atoms with Gasteiger partial charge in [0.15, 0.2) is 5.13 Å². The molecule has 0 spiro atoms. The number of likely N-dealkylation sites (tertiary alicyclic amines) is 1. The first-order valence-electron chi connectivity index (χ1n) is 8.47. The molecule has 0 saturated carbocycles. The molecule has 4 rings (SSSR count). The van der Waals surface area contributed by atoms with Crippen molar-refractivity contribution in [3.63, 3.8) is 0 Å². The standard InChI is InChI=1S/C18H20N4O3S/c1-21-15(23)11-25-14-10-22(16(24)13-9-20-17(19)26-13)8-7-18(14,21)12-5-3-2-4-6-12/h2-6,9,14H,7-8,10-11H2,1H3,(H2,19,20)/t14-,18+/m1/s1. The summed E-state index contributed by atoms with van der Waals surface area (Å²) in [5, 5.41) is 0.378. The fourth-order valence-corrected chi connectivity index (χ4v) is 4.60. The van der Waals surface area contributed by atoms with Gasteiger partial charge in [-0.3, -0.25) is 9.59 Å². The lowest BCUT2D eigenvalue weighted by Gasteiger charge is -2.54. The van der Waals surface area contributed by atoms with Gasteiger partial charge in [-0.15, -0.1) is 0 Å². The van der Waals surface area contributed by atoms with Crippen molar-refractivity contribution in [1.29, 1.82) is 0 Å². The predicted octanol–water partition coefficient (Wildman–Crippen LogP) is 1.32. The van der Waals surface area contributed by atoms with Gasteiger partial charge in [0, 0.05) is 20.1 Å². The molecule has 2 aromatic rings. The summed E-state index contributed by atoms with van der Waals surface area (Å²) in [6.45, 7) is 0.984. The SMILES string of the molecule is CN1C(=O)CO[C@@H]2CN(C(=O)c3cnc(N)s3)CC[C@]21c1ccccc1. The van der Waals surface area contributed by atoms with Crippen LogP contribution in [0.4, 0.5) is 5.13 Å². The van der Waals surface area contributed by atoms with E-state index in [1.807, 2.05) is 37.4 Å². The summed E-state index contributed by atoms with van der Waals surface area (Å²) in [5.74, 6) is -0.135. The molecule has 2 saturated heterocycles. The van der Waals surface area contributed by atoms with Gasteiger partial charge in [-0.2, -0.15) is 0 Å². The van der Waals surface area contributed by atoms with Crippen molar-refractivity contribution < 1.29 is 14.3 Å². The number of anilines is 1. The van der Waals surface area contributed by atoms with Crippen molar-refractivity contribution in [2.75, 3.05) is 32.5 Å². The number of fused-ring (bicyclic) bond motifs is 1. The maximum atomic E-state index is 12.8. The highest BCUT2D eigenvalue weighted by atomic mass is 32.1. The second-order valence-electron chi connectivity index (χ2n) is 6.61. The number of carbonyl (C=O) groups excluding carboxylic acids is 2. The Labute approximate surface area is 155 Å². The van der Waals surface area contributed by atoms with E-state index in [4.69, 9.17) is 10.5 Å². The van der Waals surface area contributed by atoms with Crippen LogP contribution in [0.15, 0.2) is 36.5 Å². The maximum absolute atomic E-state index is 12.8. The highest BCUT2D eigenvalue weighted by Crippen LogP contribution is 2.42. The Hall–Kier alpha value is -2.45. The third-order valence-electron chi connectivity index (χ3n) is 5.36. The molecule has 2 aliphatic heterocycles. The van der Waals surface area contributed by atoms with Gasteiger partial charge in [0.2, 0.25) is 5.91 Å². The Morgan fingerprint density at radius 2 is 2.15 bits per heavy atom. The lowest BCUT2D eigenvalue weighted by Crippen LogP contribution is -2.67. The number of carbonyl (C=O) groups is 2. The van der Waals surface area contributed by atoms with Gasteiger partial charge in [0.25, 0.3) is 5.91 Å². The molecule has 1 aromatic carbocycles. The number of hydrogen-bond acceptors (Lipinski definition) is 6. The molecule has 7 nitrogen and oxygen atoms in total. The van der Waals surface area contributed by atoms with Crippen LogP contribution in [0, 0.1) is 0 Å². The van der Waals surface area contributed by atoms with Crippen molar-refractivity contribution >= 4 is 28.3 Å². The molecular weight excluding hydrogens is 352 g/mol. The molecule has 0 radical (unpaired) electrons.